The van der Waals surface area contributed by atoms with Crippen LogP contribution in [0.1, 0.15) is 28.8 Å². The number of halogens is 3. The molecule has 1 saturated heterocycles. The smallest absolute Gasteiger partial charge is 0.380 e. The predicted molar refractivity (Wildman–Crippen MR) is 75.2 cm³/mol. The lowest BCUT2D eigenvalue weighted by Crippen LogP contribution is -2.56. The van der Waals surface area contributed by atoms with Crippen molar-refractivity contribution < 1.29 is 22.7 Å². The monoisotopic (exact) mass is 316 g/mol. The van der Waals surface area contributed by atoms with Gasteiger partial charge in [-0.15, -0.1) is 0 Å². The van der Waals surface area contributed by atoms with Crippen LogP contribution in [0.4, 0.5) is 13.2 Å². The van der Waals surface area contributed by atoms with Gasteiger partial charge in [-0.25, -0.2) is 0 Å². The number of alkyl halides is 3. The average Bonchev–Trinajstić information content (AvgIpc) is 2.46. The molecule has 1 aliphatic rings. The molecule has 4 nitrogen and oxygen atoms in total. The first-order chi connectivity index (χ1) is 10.3. The minimum atomic E-state index is -4.44. The van der Waals surface area contributed by atoms with Gasteiger partial charge in [0.2, 0.25) is 0 Å². The first kappa shape index (κ1) is 16.8. The fourth-order valence-electron chi connectivity index (χ4n) is 2.69. The quantitative estimate of drug-likeness (QED) is 0.931. The summed E-state index contributed by atoms with van der Waals surface area (Å²) in [5.74, 6) is -0.643. The lowest BCUT2D eigenvalue weighted by atomic mass is 9.97. The Bertz CT molecular complexity index is 534. The number of carbonyl (C=O) groups excluding carboxylic acids is 1. The Hall–Kier alpha value is -1.60. The van der Waals surface area contributed by atoms with E-state index in [2.05, 4.69) is 0 Å². The molecule has 22 heavy (non-hydrogen) atoms. The van der Waals surface area contributed by atoms with E-state index in [0.29, 0.717) is 6.61 Å². The predicted octanol–water partition coefficient (Wildman–Crippen LogP) is 2.33. The van der Waals surface area contributed by atoms with E-state index in [1.54, 1.807) is 18.2 Å². The molecule has 2 N–H and O–H groups in total. The number of nitrogens with two attached hydrogens (primary N) is 1. The van der Waals surface area contributed by atoms with Gasteiger partial charge in [-0.05, 0) is 30.5 Å². The minimum Gasteiger partial charge on any atom is -0.380 e. The zero-order chi connectivity index (χ0) is 16.3. The van der Waals surface area contributed by atoms with E-state index in [9.17, 15) is 18.0 Å². The maximum atomic E-state index is 13.1. The third-order valence-corrected chi connectivity index (χ3v) is 3.74. The Kier molecular flexibility index (Phi) is 5.08. The molecule has 1 heterocycles. The molecule has 0 unspecified atom stereocenters. The Morgan fingerprint density at radius 3 is 2.77 bits per heavy atom. The first-order valence-corrected chi connectivity index (χ1v) is 7.04. The average molecular weight is 316 g/mol. The van der Waals surface area contributed by atoms with Crippen molar-refractivity contribution in [2.75, 3.05) is 13.7 Å². The van der Waals surface area contributed by atoms with Gasteiger partial charge in [0, 0.05) is 25.3 Å². The summed E-state index contributed by atoms with van der Waals surface area (Å²) >= 11 is 0. The minimum absolute atomic E-state index is 0.0858. The van der Waals surface area contributed by atoms with Crippen molar-refractivity contribution in [1.29, 1.82) is 0 Å². The molecular weight excluding hydrogens is 297 g/mol. The molecule has 1 fully saturated rings. The number of likely N-dealkylation sites (tertiary alicyclic amines) is 1. The fourth-order valence-corrected chi connectivity index (χ4v) is 2.69. The molecule has 0 aromatic heterocycles. The molecule has 1 amide bonds. The van der Waals surface area contributed by atoms with Gasteiger partial charge in [-0.1, -0.05) is 12.1 Å². The maximum Gasteiger partial charge on any atom is 0.408 e. The summed E-state index contributed by atoms with van der Waals surface area (Å²) in [7, 11) is 1.51. The van der Waals surface area contributed by atoms with Gasteiger partial charge in [0.15, 0.2) is 0 Å². The summed E-state index contributed by atoms with van der Waals surface area (Å²) in [6.45, 7) is 0.209. The second kappa shape index (κ2) is 6.66. The van der Waals surface area contributed by atoms with Crippen LogP contribution in [-0.4, -0.2) is 42.7 Å². The summed E-state index contributed by atoms with van der Waals surface area (Å²) in [6, 6.07) is 4.25. The normalized spacial score (nSPS) is 22.7. The van der Waals surface area contributed by atoms with Gasteiger partial charge in [0.1, 0.15) is 6.04 Å². The van der Waals surface area contributed by atoms with Gasteiger partial charge in [-0.3, -0.25) is 4.79 Å². The lowest BCUT2D eigenvalue weighted by molar-refractivity contribution is -0.184. The molecule has 2 atom stereocenters. The highest BCUT2D eigenvalue weighted by Crippen LogP contribution is 2.32. The number of nitrogens with zero attached hydrogens (tertiary/aromatic N) is 1. The molecule has 0 saturated carbocycles. The summed E-state index contributed by atoms with van der Waals surface area (Å²) in [5.41, 5.74) is 6.70. The molecule has 0 aliphatic carbocycles. The molecule has 122 valence electrons. The number of hydrogen-bond acceptors (Lipinski definition) is 3. The zero-order valence-corrected chi connectivity index (χ0v) is 12.3. The molecule has 1 aromatic carbocycles. The number of amides is 1. The summed E-state index contributed by atoms with van der Waals surface area (Å²) in [4.78, 5) is 13.3. The zero-order valence-electron chi connectivity index (χ0n) is 12.3. The maximum absolute atomic E-state index is 13.1. The highest BCUT2D eigenvalue weighted by molar-refractivity contribution is 5.94. The van der Waals surface area contributed by atoms with E-state index >= 15 is 0 Å². The second-order valence-electron chi connectivity index (χ2n) is 5.49. The van der Waals surface area contributed by atoms with Crippen LogP contribution < -0.4 is 5.73 Å². The molecule has 0 bridgehead atoms. The van der Waals surface area contributed by atoms with Crippen molar-refractivity contribution in [1.82, 2.24) is 4.90 Å². The molecule has 1 aromatic rings. The molecular formula is C15H19F3N2O2. The van der Waals surface area contributed by atoms with Crippen molar-refractivity contribution in [3.8, 4) is 0 Å². The second-order valence-corrected chi connectivity index (χ2v) is 5.49. The van der Waals surface area contributed by atoms with Crippen molar-refractivity contribution in [3.63, 3.8) is 0 Å². The van der Waals surface area contributed by atoms with Crippen LogP contribution in [0.3, 0.4) is 0 Å². The van der Waals surface area contributed by atoms with E-state index in [-0.39, 0.29) is 24.9 Å². The number of rotatable bonds is 3. The van der Waals surface area contributed by atoms with Crippen molar-refractivity contribution in [2.24, 2.45) is 5.73 Å². The van der Waals surface area contributed by atoms with E-state index in [0.717, 1.165) is 10.5 Å². The van der Waals surface area contributed by atoms with Gasteiger partial charge in [-0.2, -0.15) is 13.2 Å². The number of hydrogen-bond donors (Lipinski definition) is 1. The van der Waals surface area contributed by atoms with E-state index in [4.69, 9.17) is 10.5 Å². The lowest BCUT2D eigenvalue weighted by Gasteiger charge is -2.39. The third kappa shape index (κ3) is 3.78. The van der Waals surface area contributed by atoms with Crippen molar-refractivity contribution in [2.45, 2.75) is 37.7 Å². The van der Waals surface area contributed by atoms with Crippen LogP contribution in [-0.2, 0) is 11.3 Å². The molecule has 0 spiro atoms. The fraction of sp³-hybridized carbons (Fsp3) is 0.533. The Balaban J connectivity index is 2.26. The van der Waals surface area contributed by atoms with E-state index < -0.39 is 24.2 Å². The highest BCUT2D eigenvalue weighted by Gasteiger charge is 2.47. The van der Waals surface area contributed by atoms with Gasteiger partial charge < -0.3 is 15.4 Å². The van der Waals surface area contributed by atoms with Gasteiger partial charge in [0.25, 0.3) is 5.91 Å². The summed E-state index contributed by atoms with van der Waals surface area (Å²) in [6.07, 6.45) is -4.34. The number of carbonyl (C=O) groups is 1. The number of ether oxygens (including phenoxy) is 1. The van der Waals surface area contributed by atoms with Gasteiger partial charge in [0.05, 0.1) is 6.61 Å². The summed E-state index contributed by atoms with van der Waals surface area (Å²) in [5, 5.41) is 0. The largest absolute Gasteiger partial charge is 0.408 e. The molecule has 1 aliphatic heterocycles. The number of piperidine rings is 1. The summed E-state index contributed by atoms with van der Waals surface area (Å²) < 4.78 is 44.4. The first-order valence-electron chi connectivity index (χ1n) is 7.04. The van der Waals surface area contributed by atoms with Gasteiger partial charge >= 0.3 is 6.18 Å². The molecule has 2 rings (SSSR count). The van der Waals surface area contributed by atoms with Crippen LogP contribution in [0, 0.1) is 0 Å². The SMILES string of the molecule is COCc1cccc(C(=O)N2C[C@H](N)CC[C@@H]2C(F)(F)F)c1. The van der Waals surface area contributed by atoms with Crippen LogP contribution in [0.15, 0.2) is 24.3 Å². The van der Waals surface area contributed by atoms with Crippen LogP contribution in [0.5, 0.6) is 0 Å². The Labute approximate surface area is 127 Å². The van der Waals surface area contributed by atoms with Crippen molar-refractivity contribution in [3.05, 3.63) is 35.4 Å². The van der Waals surface area contributed by atoms with Crippen LogP contribution in [0.25, 0.3) is 0 Å². The van der Waals surface area contributed by atoms with Crippen LogP contribution in [0.2, 0.25) is 0 Å². The third-order valence-electron chi connectivity index (χ3n) is 3.74. The van der Waals surface area contributed by atoms with Crippen molar-refractivity contribution >= 4 is 5.91 Å². The Morgan fingerprint density at radius 1 is 1.41 bits per heavy atom. The van der Waals surface area contributed by atoms with E-state index in [1.165, 1.54) is 13.2 Å². The number of benzene rings is 1. The molecule has 0 radical (unpaired) electrons. The Morgan fingerprint density at radius 2 is 2.14 bits per heavy atom. The number of methoxy groups -OCH3 is 1. The van der Waals surface area contributed by atoms with Crippen LogP contribution >= 0.6 is 0 Å². The topological polar surface area (TPSA) is 55.6 Å². The van der Waals surface area contributed by atoms with E-state index in [1.807, 2.05) is 0 Å². The highest BCUT2D eigenvalue weighted by atomic mass is 19.4. The standard InChI is InChI=1S/C15H19F3N2O2/c1-22-9-10-3-2-4-11(7-10)14(21)20-8-12(19)5-6-13(20)15(16,17)18/h2-4,7,12-13H,5-6,8-9,19H2,1H3/t12-,13-/m1/s1. The molecule has 7 heteroatoms.